The van der Waals surface area contributed by atoms with Crippen molar-refractivity contribution in [3.05, 3.63) is 67.2 Å². The SMILES string of the molecule is Cc1ccc(Cn2c(=O)[nH]c3ccsc3c2=O)cc1C. The quantitative estimate of drug-likeness (QED) is 0.786. The second kappa shape index (κ2) is 4.76. The molecule has 2 heterocycles. The molecule has 5 heteroatoms. The molecule has 0 saturated heterocycles. The van der Waals surface area contributed by atoms with Gasteiger partial charge in [0.05, 0.1) is 12.1 Å². The maximum absolute atomic E-state index is 12.3. The monoisotopic (exact) mass is 286 g/mol. The van der Waals surface area contributed by atoms with E-state index in [2.05, 4.69) is 4.98 Å². The molecule has 0 bridgehead atoms. The van der Waals surface area contributed by atoms with Gasteiger partial charge in [-0.05, 0) is 42.0 Å². The number of hydrogen-bond donors (Lipinski definition) is 1. The van der Waals surface area contributed by atoms with E-state index in [4.69, 9.17) is 0 Å². The minimum absolute atomic E-state index is 0.225. The Morgan fingerprint density at radius 2 is 1.95 bits per heavy atom. The van der Waals surface area contributed by atoms with E-state index < -0.39 is 0 Å². The smallest absolute Gasteiger partial charge is 0.306 e. The molecule has 0 radical (unpaired) electrons. The van der Waals surface area contributed by atoms with Crippen molar-refractivity contribution in [2.45, 2.75) is 20.4 Å². The molecule has 0 fully saturated rings. The van der Waals surface area contributed by atoms with Crippen LogP contribution in [0.3, 0.4) is 0 Å². The van der Waals surface area contributed by atoms with Crippen LogP contribution in [-0.4, -0.2) is 9.55 Å². The number of fused-ring (bicyclic) bond motifs is 1. The number of thiophene rings is 1. The van der Waals surface area contributed by atoms with Crippen molar-refractivity contribution in [1.82, 2.24) is 9.55 Å². The molecule has 0 amide bonds. The van der Waals surface area contributed by atoms with E-state index in [-0.39, 0.29) is 11.2 Å². The second-order valence-corrected chi connectivity index (χ2v) is 5.82. The van der Waals surface area contributed by atoms with Crippen molar-refractivity contribution in [1.29, 1.82) is 0 Å². The maximum Gasteiger partial charge on any atom is 0.329 e. The van der Waals surface area contributed by atoms with Gasteiger partial charge in [-0.15, -0.1) is 11.3 Å². The molecule has 0 spiro atoms. The number of benzene rings is 1. The van der Waals surface area contributed by atoms with Crippen LogP contribution >= 0.6 is 11.3 Å². The van der Waals surface area contributed by atoms with Gasteiger partial charge in [-0.25, -0.2) is 4.79 Å². The maximum atomic E-state index is 12.3. The molecular weight excluding hydrogens is 272 g/mol. The summed E-state index contributed by atoms with van der Waals surface area (Å²) in [6.45, 7) is 4.35. The van der Waals surface area contributed by atoms with Gasteiger partial charge in [0.1, 0.15) is 4.70 Å². The molecule has 0 aliphatic carbocycles. The molecule has 2 aromatic heterocycles. The summed E-state index contributed by atoms with van der Waals surface area (Å²) in [5.41, 5.74) is 3.34. The highest BCUT2D eigenvalue weighted by molar-refractivity contribution is 7.17. The molecule has 0 saturated carbocycles. The van der Waals surface area contributed by atoms with Crippen LogP contribution in [0.5, 0.6) is 0 Å². The van der Waals surface area contributed by atoms with E-state index >= 15 is 0 Å². The van der Waals surface area contributed by atoms with Crippen LogP contribution in [0.1, 0.15) is 16.7 Å². The summed E-state index contributed by atoms with van der Waals surface area (Å²) in [6, 6.07) is 7.73. The Morgan fingerprint density at radius 1 is 1.15 bits per heavy atom. The van der Waals surface area contributed by atoms with Crippen LogP contribution in [0.15, 0.2) is 39.2 Å². The minimum atomic E-state index is -0.362. The number of aryl methyl sites for hydroxylation is 2. The van der Waals surface area contributed by atoms with Crippen molar-refractivity contribution >= 4 is 21.6 Å². The molecule has 1 aromatic carbocycles. The number of hydrogen-bond acceptors (Lipinski definition) is 3. The molecule has 0 atom stereocenters. The second-order valence-electron chi connectivity index (χ2n) is 4.90. The summed E-state index contributed by atoms with van der Waals surface area (Å²) in [6.07, 6.45) is 0. The van der Waals surface area contributed by atoms with Gasteiger partial charge in [0, 0.05) is 0 Å². The number of aromatic nitrogens is 2. The van der Waals surface area contributed by atoms with Crippen LogP contribution in [0.4, 0.5) is 0 Å². The molecule has 3 aromatic rings. The Morgan fingerprint density at radius 3 is 2.70 bits per heavy atom. The predicted octanol–water partition coefficient (Wildman–Crippen LogP) is 2.42. The topological polar surface area (TPSA) is 54.9 Å². The lowest BCUT2D eigenvalue weighted by Crippen LogP contribution is -2.34. The van der Waals surface area contributed by atoms with Crippen LogP contribution in [0.25, 0.3) is 10.2 Å². The number of nitrogens with one attached hydrogen (secondary N) is 1. The Balaban J connectivity index is 2.12. The van der Waals surface area contributed by atoms with Crippen LogP contribution in [0, 0.1) is 13.8 Å². The highest BCUT2D eigenvalue weighted by Gasteiger charge is 2.09. The molecule has 0 aliphatic heterocycles. The standard InChI is InChI=1S/C15H14N2O2S/c1-9-3-4-11(7-10(9)2)8-17-14(18)13-12(5-6-20-13)16-15(17)19/h3-7H,8H2,1-2H3,(H,16,19). The first kappa shape index (κ1) is 12.9. The first-order chi connectivity index (χ1) is 9.56. The summed E-state index contributed by atoms with van der Waals surface area (Å²) in [7, 11) is 0. The van der Waals surface area contributed by atoms with Crippen LogP contribution < -0.4 is 11.2 Å². The summed E-state index contributed by atoms with van der Waals surface area (Å²) in [4.78, 5) is 27.1. The number of nitrogens with zero attached hydrogens (tertiary/aromatic N) is 1. The minimum Gasteiger partial charge on any atom is -0.306 e. The highest BCUT2D eigenvalue weighted by atomic mass is 32.1. The van der Waals surface area contributed by atoms with Crippen LogP contribution in [0.2, 0.25) is 0 Å². The van der Waals surface area contributed by atoms with E-state index in [0.29, 0.717) is 16.8 Å². The van der Waals surface area contributed by atoms with E-state index in [1.54, 1.807) is 6.07 Å². The molecule has 0 aliphatic rings. The third-order valence-corrected chi connectivity index (χ3v) is 4.41. The fraction of sp³-hybridized carbons (Fsp3) is 0.200. The van der Waals surface area contributed by atoms with Crippen LogP contribution in [-0.2, 0) is 6.54 Å². The zero-order valence-corrected chi connectivity index (χ0v) is 12.1. The lowest BCUT2D eigenvalue weighted by atomic mass is 10.1. The Labute approximate surface area is 119 Å². The van der Waals surface area contributed by atoms with Gasteiger partial charge in [0.2, 0.25) is 0 Å². The van der Waals surface area contributed by atoms with Crippen molar-refractivity contribution in [3.8, 4) is 0 Å². The van der Waals surface area contributed by atoms with E-state index in [1.165, 1.54) is 21.5 Å². The zero-order valence-electron chi connectivity index (χ0n) is 11.3. The van der Waals surface area contributed by atoms with Crippen molar-refractivity contribution < 1.29 is 0 Å². The zero-order chi connectivity index (χ0) is 14.3. The molecular formula is C15H14N2O2S. The predicted molar refractivity (Wildman–Crippen MR) is 81.7 cm³/mol. The summed E-state index contributed by atoms with van der Waals surface area (Å²) in [5, 5.41) is 1.81. The fourth-order valence-electron chi connectivity index (χ4n) is 2.20. The van der Waals surface area contributed by atoms with Crippen molar-refractivity contribution in [2.75, 3.05) is 0 Å². The molecule has 0 unspecified atom stereocenters. The van der Waals surface area contributed by atoms with Gasteiger partial charge < -0.3 is 4.98 Å². The van der Waals surface area contributed by atoms with Gasteiger partial charge >= 0.3 is 5.69 Å². The summed E-state index contributed by atoms with van der Waals surface area (Å²) < 4.78 is 1.84. The van der Waals surface area contributed by atoms with Crippen molar-refractivity contribution in [3.63, 3.8) is 0 Å². The first-order valence-electron chi connectivity index (χ1n) is 6.33. The van der Waals surface area contributed by atoms with E-state index in [0.717, 1.165) is 11.1 Å². The fourth-order valence-corrected chi connectivity index (χ4v) is 3.00. The number of H-pyrrole nitrogens is 1. The van der Waals surface area contributed by atoms with Gasteiger partial charge in [0.15, 0.2) is 0 Å². The van der Waals surface area contributed by atoms with Gasteiger partial charge in [-0.2, -0.15) is 0 Å². The normalized spacial score (nSPS) is 11.1. The lowest BCUT2D eigenvalue weighted by molar-refractivity contribution is 0.712. The molecule has 4 nitrogen and oxygen atoms in total. The average Bonchev–Trinajstić information content (AvgIpc) is 2.87. The van der Waals surface area contributed by atoms with Crippen molar-refractivity contribution in [2.24, 2.45) is 0 Å². The first-order valence-corrected chi connectivity index (χ1v) is 7.20. The lowest BCUT2D eigenvalue weighted by Gasteiger charge is -2.07. The van der Waals surface area contributed by atoms with E-state index in [9.17, 15) is 9.59 Å². The van der Waals surface area contributed by atoms with Gasteiger partial charge in [0.25, 0.3) is 5.56 Å². The number of aromatic amines is 1. The third-order valence-electron chi connectivity index (χ3n) is 3.50. The summed E-state index contributed by atoms with van der Waals surface area (Å²) >= 11 is 1.35. The average molecular weight is 286 g/mol. The molecule has 102 valence electrons. The third kappa shape index (κ3) is 2.10. The molecule has 1 N–H and O–H groups in total. The largest absolute Gasteiger partial charge is 0.329 e. The Hall–Kier alpha value is -2.14. The Bertz CT molecular complexity index is 902. The number of rotatable bonds is 2. The highest BCUT2D eigenvalue weighted by Crippen LogP contribution is 2.13. The summed E-state index contributed by atoms with van der Waals surface area (Å²) in [5.74, 6) is 0. The Kier molecular flexibility index (Phi) is 3.06. The molecule has 20 heavy (non-hydrogen) atoms. The van der Waals surface area contributed by atoms with Gasteiger partial charge in [-0.1, -0.05) is 18.2 Å². The van der Waals surface area contributed by atoms with Gasteiger partial charge in [-0.3, -0.25) is 9.36 Å². The molecule has 3 rings (SSSR count). The van der Waals surface area contributed by atoms with E-state index in [1.807, 2.05) is 37.4 Å².